The molecule has 0 aromatic heterocycles. The highest BCUT2D eigenvalue weighted by molar-refractivity contribution is 9.10. The number of ketones is 1. The molecule has 0 aliphatic heterocycles. The van der Waals surface area contributed by atoms with Gasteiger partial charge in [0.1, 0.15) is 0 Å². The second-order valence-corrected chi connectivity index (χ2v) is 5.11. The van der Waals surface area contributed by atoms with Crippen LogP contribution in [-0.4, -0.2) is 5.78 Å². The van der Waals surface area contributed by atoms with Crippen molar-refractivity contribution in [1.29, 1.82) is 0 Å². The molecule has 0 amide bonds. The summed E-state index contributed by atoms with van der Waals surface area (Å²) in [5.41, 5.74) is 1.57. The van der Waals surface area contributed by atoms with Crippen LogP contribution in [0.15, 0.2) is 59.1 Å². The molecule has 0 N–H and O–H groups in total. The van der Waals surface area contributed by atoms with E-state index in [1.807, 2.05) is 30.3 Å². The summed E-state index contributed by atoms with van der Waals surface area (Å²) in [6.07, 6.45) is 3.31. The molecule has 2 aromatic rings. The van der Waals surface area contributed by atoms with E-state index in [4.69, 9.17) is 11.6 Å². The lowest BCUT2D eigenvalue weighted by Gasteiger charge is -1.97. The smallest absolute Gasteiger partial charge is 0.185 e. The highest BCUT2D eigenvalue weighted by Gasteiger charge is 2.00. The highest BCUT2D eigenvalue weighted by Crippen LogP contribution is 2.14. The van der Waals surface area contributed by atoms with Crippen LogP contribution in [0.25, 0.3) is 6.08 Å². The van der Waals surface area contributed by atoms with E-state index in [9.17, 15) is 4.79 Å². The van der Waals surface area contributed by atoms with Gasteiger partial charge in [-0.2, -0.15) is 0 Å². The van der Waals surface area contributed by atoms with Crippen molar-refractivity contribution < 1.29 is 4.79 Å². The standard InChI is InChI=1S/C15H10BrClO/c16-13-7-5-12(6-8-13)15(18)9-4-11-2-1-3-14(17)10-11/h1-10H. The molecule has 0 unspecified atom stereocenters. The fraction of sp³-hybridized carbons (Fsp3) is 0. The van der Waals surface area contributed by atoms with E-state index >= 15 is 0 Å². The van der Waals surface area contributed by atoms with Crippen molar-refractivity contribution in [3.63, 3.8) is 0 Å². The van der Waals surface area contributed by atoms with Gasteiger partial charge >= 0.3 is 0 Å². The number of allylic oxidation sites excluding steroid dienone is 1. The Kier molecular flexibility index (Phi) is 4.34. The average molecular weight is 322 g/mol. The van der Waals surface area contributed by atoms with Crippen molar-refractivity contribution in [2.75, 3.05) is 0 Å². The molecule has 2 aromatic carbocycles. The summed E-state index contributed by atoms with van der Waals surface area (Å²) in [6, 6.07) is 14.6. The van der Waals surface area contributed by atoms with Gasteiger partial charge in [0.25, 0.3) is 0 Å². The van der Waals surface area contributed by atoms with Gasteiger partial charge in [-0.05, 0) is 48.0 Å². The Bertz CT molecular complexity index is 588. The summed E-state index contributed by atoms with van der Waals surface area (Å²) in [5, 5.41) is 0.660. The number of carbonyl (C=O) groups is 1. The van der Waals surface area contributed by atoms with Gasteiger partial charge in [-0.3, -0.25) is 4.79 Å². The Morgan fingerprint density at radius 1 is 1.11 bits per heavy atom. The van der Waals surface area contributed by atoms with Gasteiger partial charge < -0.3 is 0 Å². The minimum absolute atomic E-state index is 0.0255. The minimum atomic E-state index is -0.0255. The molecule has 0 radical (unpaired) electrons. The summed E-state index contributed by atoms with van der Waals surface area (Å²) in [6.45, 7) is 0. The van der Waals surface area contributed by atoms with Crippen molar-refractivity contribution >= 4 is 39.4 Å². The first kappa shape index (κ1) is 13.1. The molecule has 0 bridgehead atoms. The lowest BCUT2D eigenvalue weighted by Crippen LogP contribution is -1.93. The zero-order valence-corrected chi connectivity index (χ0v) is 11.8. The Morgan fingerprint density at radius 2 is 1.83 bits per heavy atom. The maximum atomic E-state index is 11.9. The summed E-state index contributed by atoms with van der Waals surface area (Å²) < 4.78 is 0.956. The number of rotatable bonds is 3. The molecule has 0 heterocycles. The van der Waals surface area contributed by atoms with Gasteiger partial charge in [-0.15, -0.1) is 0 Å². The summed E-state index contributed by atoms with van der Waals surface area (Å²) >= 11 is 9.20. The molecule has 0 saturated carbocycles. The number of halogens is 2. The van der Waals surface area contributed by atoms with Gasteiger partial charge in [0.2, 0.25) is 0 Å². The van der Waals surface area contributed by atoms with Crippen LogP contribution >= 0.6 is 27.5 Å². The second-order valence-electron chi connectivity index (χ2n) is 3.76. The molecule has 0 spiro atoms. The molecule has 0 aliphatic carbocycles. The molecular weight excluding hydrogens is 312 g/mol. The van der Waals surface area contributed by atoms with E-state index < -0.39 is 0 Å². The van der Waals surface area contributed by atoms with E-state index in [2.05, 4.69) is 15.9 Å². The van der Waals surface area contributed by atoms with Crippen molar-refractivity contribution in [2.24, 2.45) is 0 Å². The van der Waals surface area contributed by atoms with Crippen LogP contribution in [0.1, 0.15) is 15.9 Å². The van der Waals surface area contributed by atoms with E-state index in [1.165, 1.54) is 0 Å². The van der Waals surface area contributed by atoms with Crippen LogP contribution in [-0.2, 0) is 0 Å². The van der Waals surface area contributed by atoms with E-state index in [-0.39, 0.29) is 5.78 Å². The van der Waals surface area contributed by atoms with Gasteiger partial charge in [-0.1, -0.05) is 45.7 Å². The van der Waals surface area contributed by atoms with Crippen molar-refractivity contribution in [2.45, 2.75) is 0 Å². The first-order valence-corrected chi connectivity index (χ1v) is 6.56. The van der Waals surface area contributed by atoms with Gasteiger partial charge in [0.05, 0.1) is 0 Å². The molecule has 2 rings (SSSR count). The summed E-state index contributed by atoms with van der Waals surface area (Å²) in [7, 11) is 0. The number of carbonyl (C=O) groups excluding carboxylic acids is 1. The number of hydrogen-bond donors (Lipinski definition) is 0. The molecule has 18 heavy (non-hydrogen) atoms. The lowest BCUT2D eigenvalue weighted by molar-refractivity contribution is 0.104. The maximum absolute atomic E-state index is 11.9. The predicted molar refractivity (Wildman–Crippen MR) is 79.0 cm³/mol. The molecule has 90 valence electrons. The Morgan fingerprint density at radius 3 is 2.50 bits per heavy atom. The maximum Gasteiger partial charge on any atom is 0.185 e. The highest BCUT2D eigenvalue weighted by atomic mass is 79.9. The fourth-order valence-corrected chi connectivity index (χ4v) is 1.96. The third kappa shape index (κ3) is 3.56. The van der Waals surface area contributed by atoms with E-state index in [0.717, 1.165) is 10.0 Å². The Labute approximate surface area is 119 Å². The van der Waals surface area contributed by atoms with Crippen LogP contribution in [0.2, 0.25) is 5.02 Å². The predicted octanol–water partition coefficient (Wildman–Crippen LogP) is 5.00. The van der Waals surface area contributed by atoms with Crippen LogP contribution in [0.5, 0.6) is 0 Å². The second kappa shape index (κ2) is 5.98. The molecule has 0 fully saturated rings. The van der Waals surface area contributed by atoms with Crippen molar-refractivity contribution in [1.82, 2.24) is 0 Å². The Balaban J connectivity index is 2.14. The Hall–Kier alpha value is -1.38. The van der Waals surface area contributed by atoms with Crippen LogP contribution < -0.4 is 0 Å². The zero-order chi connectivity index (χ0) is 13.0. The van der Waals surface area contributed by atoms with Crippen molar-refractivity contribution in [3.8, 4) is 0 Å². The monoisotopic (exact) mass is 320 g/mol. The first-order valence-electron chi connectivity index (χ1n) is 5.39. The molecule has 0 aliphatic rings. The molecule has 0 atom stereocenters. The van der Waals surface area contributed by atoms with Gasteiger partial charge in [0.15, 0.2) is 5.78 Å². The fourth-order valence-electron chi connectivity index (χ4n) is 1.49. The normalized spacial score (nSPS) is 10.8. The molecule has 0 saturated heterocycles. The zero-order valence-electron chi connectivity index (χ0n) is 9.44. The molecule has 1 nitrogen and oxygen atoms in total. The largest absolute Gasteiger partial charge is 0.289 e. The third-order valence-electron chi connectivity index (χ3n) is 2.40. The minimum Gasteiger partial charge on any atom is -0.289 e. The van der Waals surface area contributed by atoms with Crippen molar-refractivity contribution in [3.05, 3.63) is 75.2 Å². The lowest BCUT2D eigenvalue weighted by atomic mass is 10.1. The van der Waals surface area contributed by atoms with Crippen LogP contribution in [0, 0.1) is 0 Å². The summed E-state index contributed by atoms with van der Waals surface area (Å²) in [5.74, 6) is -0.0255. The number of hydrogen-bond acceptors (Lipinski definition) is 1. The van der Waals surface area contributed by atoms with Gasteiger partial charge in [0, 0.05) is 15.1 Å². The van der Waals surface area contributed by atoms with Crippen LogP contribution in [0.4, 0.5) is 0 Å². The van der Waals surface area contributed by atoms with Crippen LogP contribution in [0.3, 0.4) is 0 Å². The SMILES string of the molecule is O=C(C=Cc1cccc(Cl)c1)c1ccc(Br)cc1. The number of benzene rings is 2. The van der Waals surface area contributed by atoms with E-state index in [0.29, 0.717) is 10.6 Å². The topological polar surface area (TPSA) is 17.1 Å². The molecule has 3 heteroatoms. The van der Waals surface area contributed by atoms with E-state index in [1.54, 1.807) is 30.4 Å². The summed E-state index contributed by atoms with van der Waals surface area (Å²) in [4.78, 5) is 11.9. The van der Waals surface area contributed by atoms with Gasteiger partial charge in [-0.25, -0.2) is 0 Å². The average Bonchev–Trinajstić information content (AvgIpc) is 2.37. The first-order chi connectivity index (χ1) is 8.65. The quantitative estimate of drug-likeness (QED) is 0.574. The molecular formula is C15H10BrClO. The third-order valence-corrected chi connectivity index (χ3v) is 3.17.